The van der Waals surface area contributed by atoms with Crippen molar-refractivity contribution in [1.29, 1.82) is 0 Å². The number of nitrogens with zero attached hydrogens (tertiary/aromatic N) is 3. The molecule has 3 aromatic rings. The van der Waals surface area contributed by atoms with Gasteiger partial charge in [0.25, 0.3) is 0 Å². The summed E-state index contributed by atoms with van der Waals surface area (Å²) in [5.41, 5.74) is 2.62. The summed E-state index contributed by atoms with van der Waals surface area (Å²) in [6.07, 6.45) is 3.27. The molecule has 21 heavy (non-hydrogen) atoms. The molecule has 0 spiro atoms. The number of halogens is 1. The predicted molar refractivity (Wildman–Crippen MR) is 86.4 cm³/mol. The summed E-state index contributed by atoms with van der Waals surface area (Å²) >= 11 is 6.21. The summed E-state index contributed by atoms with van der Waals surface area (Å²) in [5.74, 6) is 1.53. The summed E-state index contributed by atoms with van der Waals surface area (Å²) in [6.45, 7) is 1.96. The van der Waals surface area contributed by atoms with Crippen molar-refractivity contribution in [2.24, 2.45) is 0 Å². The van der Waals surface area contributed by atoms with Crippen LogP contribution in [0.4, 0.5) is 17.3 Å². The average molecular weight is 300 g/mol. The van der Waals surface area contributed by atoms with Crippen molar-refractivity contribution in [3.8, 4) is 0 Å². The Morgan fingerprint density at radius 3 is 2.67 bits per heavy atom. The largest absolute Gasteiger partial charge is 0.373 e. The van der Waals surface area contributed by atoms with Crippen molar-refractivity contribution in [3.05, 3.63) is 47.4 Å². The molecule has 0 saturated carbocycles. The van der Waals surface area contributed by atoms with Crippen LogP contribution in [0.5, 0.6) is 0 Å². The number of aromatic nitrogens is 3. The lowest BCUT2D eigenvalue weighted by Gasteiger charge is -2.12. The molecular weight excluding hydrogens is 286 g/mol. The van der Waals surface area contributed by atoms with Crippen molar-refractivity contribution in [2.75, 3.05) is 17.7 Å². The monoisotopic (exact) mass is 299 g/mol. The van der Waals surface area contributed by atoms with Gasteiger partial charge in [0.15, 0.2) is 0 Å². The molecule has 0 aliphatic heterocycles. The zero-order valence-corrected chi connectivity index (χ0v) is 12.4. The highest BCUT2D eigenvalue weighted by Crippen LogP contribution is 2.30. The summed E-state index contributed by atoms with van der Waals surface area (Å²) in [7, 11) is 1.83. The molecule has 2 N–H and O–H groups in total. The molecule has 0 amide bonds. The van der Waals surface area contributed by atoms with E-state index in [4.69, 9.17) is 11.6 Å². The van der Waals surface area contributed by atoms with Gasteiger partial charge in [0.05, 0.1) is 16.2 Å². The second-order valence-corrected chi connectivity index (χ2v) is 4.97. The van der Waals surface area contributed by atoms with Gasteiger partial charge in [-0.3, -0.25) is 4.98 Å². The summed E-state index contributed by atoms with van der Waals surface area (Å²) < 4.78 is 0. The maximum Gasteiger partial charge on any atom is 0.138 e. The molecular formula is C15H14ClN5. The Kier molecular flexibility index (Phi) is 3.58. The van der Waals surface area contributed by atoms with E-state index in [-0.39, 0.29) is 0 Å². The molecule has 0 fully saturated rings. The van der Waals surface area contributed by atoms with Crippen molar-refractivity contribution < 1.29 is 0 Å². The minimum Gasteiger partial charge on any atom is -0.373 e. The Morgan fingerprint density at radius 2 is 1.86 bits per heavy atom. The second-order valence-electron chi connectivity index (χ2n) is 4.57. The van der Waals surface area contributed by atoms with Crippen LogP contribution in [0.3, 0.4) is 0 Å². The van der Waals surface area contributed by atoms with Gasteiger partial charge in [0, 0.05) is 24.2 Å². The molecule has 0 unspecified atom stereocenters. The van der Waals surface area contributed by atoms with Gasteiger partial charge in [-0.25, -0.2) is 9.97 Å². The Balaban J connectivity index is 2.09. The quantitative estimate of drug-likeness (QED) is 0.771. The summed E-state index contributed by atoms with van der Waals surface area (Å²) in [5, 5.41) is 7.93. The number of nitrogens with one attached hydrogen (secondary N) is 2. The minimum absolute atomic E-state index is 0.680. The molecule has 0 saturated heterocycles. The highest BCUT2D eigenvalue weighted by Gasteiger charge is 2.10. The maximum atomic E-state index is 6.21. The molecule has 3 rings (SSSR count). The van der Waals surface area contributed by atoms with E-state index in [0.717, 1.165) is 33.8 Å². The van der Waals surface area contributed by atoms with E-state index >= 15 is 0 Å². The number of pyridine rings is 1. The van der Waals surface area contributed by atoms with Crippen molar-refractivity contribution in [2.45, 2.75) is 6.92 Å². The molecule has 0 radical (unpaired) electrons. The summed E-state index contributed by atoms with van der Waals surface area (Å²) in [4.78, 5) is 12.9. The van der Waals surface area contributed by atoms with E-state index < -0.39 is 0 Å². The number of anilines is 3. The Hall–Kier alpha value is -2.40. The highest BCUT2D eigenvalue weighted by atomic mass is 35.5. The standard InChI is InChI=1S/C15H14ClN5/c1-9-14(17-2)19-8-20-15(9)21-12-6-5-11(16)10-4-3-7-18-13(10)12/h3-8H,1-2H3,(H2,17,19,20,21). The van der Waals surface area contributed by atoms with Crippen LogP contribution >= 0.6 is 11.6 Å². The van der Waals surface area contributed by atoms with Crippen molar-refractivity contribution in [1.82, 2.24) is 15.0 Å². The molecule has 0 aliphatic rings. The van der Waals surface area contributed by atoms with Gasteiger partial charge in [-0.05, 0) is 31.2 Å². The van der Waals surface area contributed by atoms with Gasteiger partial charge in [-0.2, -0.15) is 0 Å². The van der Waals surface area contributed by atoms with E-state index in [1.165, 1.54) is 6.33 Å². The van der Waals surface area contributed by atoms with E-state index in [0.29, 0.717) is 5.02 Å². The van der Waals surface area contributed by atoms with Gasteiger partial charge < -0.3 is 10.6 Å². The van der Waals surface area contributed by atoms with Crippen LogP contribution in [0, 0.1) is 6.92 Å². The molecule has 0 atom stereocenters. The SMILES string of the molecule is CNc1ncnc(Nc2ccc(Cl)c3cccnc23)c1C. The molecule has 0 bridgehead atoms. The zero-order valence-electron chi connectivity index (χ0n) is 11.7. The minimum atomic E-state index is 0.680. The summed E-state index contributed by atoms with van der Waals surface area (Å²) in [6, 6.07) is 7.57. The van der Waals surface area contributed by atoms with E-state index in [1.807, 2.05) is 38.2 Å². The van der Waals surface area contributed by atoms with E-state index in [9.17, 15) is 0 Å². The molecule has 0 aliphatic carbocycles. The van der Waals surface area contributed by atoms with Gasteiger partial charge in [0.2, 0.25) is 0 Å². The Morgan fingerprint density at radius 1 is 1.05 bits per heavy atom. The van der Waals surface area contributed by atoms with Gasteiger partial charge in [0.1, 0.15) is 18.0 Å². The molecule has 106 valence electrons. The Bertz CT molecular complexity index is 803. The molecule has 2 heterocycles. The Labute approximate surface area is 127 Å². The van der Waals surface area contributed by atoms with E-state index in [2.05, 4.69) is 25.6 Å². The third-order valence-electron chi connectivity index (χ3n) is 3.29. The first-order valence-electron chi connectivity index (χ1n) is 6.50. The number of rotatable bonds is 3. The van der Waals surface area contributed by atoms with Gasteiger partial charge in [-0.15, -0.1) is 0 Å². The highest BCUT2D eigenvalue weighted by molar-refractivity contribution is 6.35. The third-order valence-corrected chi connectivity index (χ3v) is 3.62. The number of fused-ring (bicyclic) bond motifs is 1. The lowest BCUT2D eigenvalue weighted by molar-refractivity contribution is 1.12. The van der Waals surface area contributed by atoms with Crippen LogP contribution in [0.25, 0.3) is 10.9 Å². The van der Waals surface area contributed by atoms with Crippen LogP contribution in [-0.2, 0) is 0 Å². The number of benzene rings is 1. The first kappa shape index (κ1) is 13.6. The van der Waals surface area contributed by atoms with Crippen LogP contribution in [-0.4, -0.2) is 22.0 Å². The number of hydrogen-bond acceptors (Lipinski definition) is 5. The topological polar surface area (TPSA) is 62.7 Å². The van der Waals surface area contributed by atoms with Crippen LogP contribution in [0.1, 0.15) is 5.56 Å². The first-order chi connectivity index (χ1) is 10.2. The molecule has 2 aromatic heterocycles. The fourth-order valence-corrected chi connectivity index (χ4v) is 2.41. The molecule has 1 aromatic carbocycles. The van der Waals surface area contributed by atoms with Gasteiger partial charge >= 0.3 is 0 Å². The number of hydrogen-bond donors (Lipinski definition) is 2. The third kappa shape index (κ3) is 2.48. The first-order valence-corrected chi connectivity index (χ1v) is 6.88. The van der Waals surface area contributed by atoms with Crippen LogP contribution in [0.15, 0.2) is 36.8 Å². The van der Waals surface area contributed by atoms with E-state index in [1.54, 1.807) is 6.20 Å². The smallest absolute Gasteiger partial charge is 0.138 e. The van der Waals surface area contributed by atoms with Gasteiger partial charge in [-0.1, -0.05) is 11.6 Å². The lowest BCUT2D eigenvalue weighted by atomic mass is 10.2. The molecule has 6 heteroatoms. The lowest BCUT2D eigenvalue weighted by Crippen LogP contribution is -2.03. The molecule has 5 nitrogen and oxygen atoms in total. The average Bonchev–Trinajstić information content (AvgIpc) is 2.52. The fraction of sp³-hybridized carbons (Fsp3) is 0.133. The fourth-order valence-electron chi connectivity index (χ4n) is 2.19. The van der Waals surface area contributed by atoms with Crippen LogP contribution in [0.2, 0.25) is 5.02 Å². The zero-order chi connectivity index (χ0) is 14.8. The van der Waals surface area contributed by atoms with Crippen molar-refractivity contribution in [3.63, 3.8) is 0 Å². The van der Waals surface area contributed by atoms with Crippen molar-refractivity contribution >= 4 is 39.8 Å². The second kappa shape index (κ2) is 5.54. The predicted octanol–water partition coefficient (Wildman–Crippen LogP) is 3.77. The van der Waals surface area contributed by atoms with Crippen LogP contribution < -0.4 is 10.6 Å². The normalized spacial score (nSPS) is 10.6. The maximum absolute atomic E-state index is 6.21.